The third-order valence-corrected chi connectivity index (χ3v) is 17.5. The van der Waals surface area contributed by atoms with Crippen molar-refractivity contribution in [3.05, 3.63) is 163 Å². The van der Waals surface area contributed by atoms with E-state index < -0.39 is 103 Å². The molecule has 28 heteroatoms. The zero-order chi connectivity index (χ0) is 70.7. The molecule has 5 heterocycles. The van der Waals surface area contributed by atoms with E-state index in [9.17, 15) is 53.1 Å². The number of rotatable bonds is 34. The molecule has 100 heavy (non-hydrogen) atoms. The van der Waals surface area contributed by atoms with E-state index in [-0.39, 0.29) is 108 Å². The van der Waals surface area contributed by atoms with Crippen molar-refractivity contribution in [2.75, 3.05) is 97.3 Å². The summed E-state index contributed by atoms with van der Waals surface area (Å²) < 4.78 is 49.7. The van der Waals surface area contributed by atoms with Crippen molar-refractivity contribution in [1.82, 2.24) is 46.8 Å². The van der Waals surface area contributed by atoms with Gasteiger partial charge in [0.25, 0.3) is 5.56 Å². The molecule has 0 saturated carbocycles. The van der Waals surface area contributed by atoms with Crippen LogP contribution < -0.4 is 47.7 Å². The van der Waals surface area contributed by atoms with E-state index >= 15 is 4.39 Å². The van der Waals surface area contributed by atoms with E-state index in [4.69, 9.17) is 33.4 Å². The van der Waals surface area contributed by atoms with Gasteiger partial charge in [0.2, 0.25) is 47.3 Å². The number of esters is 1. The van der Waals surface area contributed by atoms with Crippen molar-refractivity contribution in [3.8, 4) is 23.2 Å². The number of benzene rings is 4. The molecule has 526 valence electrons. The lowest BCUT2D eigenvalue weighted by Gasteiger charge is -2.31. The van der Waals surface area contributed by atoms with Crippen molar-refractivity contribution in [1.29, 1.82) is 0 Å². The highest BCUT2D eigenvalue weighted by molar-refractivity contribution is 5.98. The summed E-state index contributed by atoms with van der Waals surface area (Å²) in [6, 6.07) is 25.0. The van der Waals surface area contributed by atoms with Crippen LogP contribution >= 0.6 is 0 Å². The van der Waals surface area contributed by atoms with Gasteiger partial charge in [0.1, 0.15) is 31.8 Å². The van der Waals surface area contributed by atoms with E-state index in [1.54, 1.807) is 55.1 Å². The molecular formula is C72H79FN10O17. The number of nitrogens with one attached hydrogen (secondary N) is 7. The van der Waals surface area contributed by atoms with Gasteiger partial charge in [-0.15, -0.1) is 0 Å². The number of para-hydroxylation sites is 1. The molecule has 4 aliphatic rings. The van der Waals surface area contributed by atoms with Crippen LogP contribution in [0.15, 0.2) is 95.8 Å². The quantitative estimate of drug-likeness (QED) is 0.0124. The van der Waals surface area contributed by atoms with Gasteiger partial charge in [-0.2, -0.15) is 0 Å². The Labute approximate surface area is 574 Å². The van der Waals surface area contributed by atoms with Gasteiger partial charge in [0, 0.05) is 65.9 Å². The van der Waals surface area contributed by atoms with Gasteiger partial charge in [-0.1, -0.05) is 79.4 Å². The molecule has 6 aromatic rings. The van der Waals surface area contributed by atoms with Gasteiger partial charge >= 0.3 is 5.97 Å². The molecule has 10 rings (SSSR count). The monoisotopic (exact) mass is 1370 g/mol. The Hall–Kier alpha value is -10.3. The van der Waals surface area contributed by atoms with E-state index in [0.717, 1.165) is 22.3 Å². The molecule has 0 fully saturated rings. The summed E-state index contributed by atoms with van der Waals surface area (Å²) in [5.41, 5.74) is 5.03. The number of aliphatic hydroxyl groups is 1. The number of carbonyl (C=O) groups is 9. The maximum Gasteiger partial charge on any atom is 0.343 e. The van der Waals surface area contributed by atoms with Gasteiger partial charge in [-0.25, -0.2) is 14.2 Å². The molecule has 0 spiro atoms. The third kappa shape index (κ3) is 18.1. The van der Waals surface area contributed by atoms with Crippen LogP contribution in [0.1, 0.15) is 101 Å². The first kappa shape index (κ1) is 72.5. The number of cyclic esters (lactones) is 1. The molecule has 0 bridgehead atoms. The minimum absolute atomic E-state index is 0.0252. The van der Waals surface area contributed by atoms with Crippen LogP contribution in [0.25, 0.3) is 22.3 Å². The summed E-state index contributed by atoms with van der Waals surface area (Å²) >= 11 is 0. The summed E-state index contributed by atoms with van der Waals surface area (Å²) in [7, 11) is 0. The minimum Gasteiger partial charge on any atom is -0.458 e. The Kier molecular flexibility index (Phi) is 25.0. The number of ether oxygens (including phenoxy) is 6. The van der Waals surface area contributed by atoms with Gasteiger partial charge in [0.15, 0.2) is 5.60 Å². The summed E-state index contributed by atoms with van der Waals surface area (Å²) in [5.74, 6) is 0.755. The average Bonchev–Trinajstić information content (AvgIpc) is 1.52. The van der Waals surface area contributed by atoms with E-state index in [2.05, 4.69) is 49.1 Å². The molecule has 3 atom stereocenters. The van der Waals surface area contributed by atoms with Crippen LogP contribution in [0.3, 0.4) is 0 Å². The Morgan fingerprint density at radius 3 is 2.10 bits per heavy atom. The van der Waals surface area contributed by atoms with Gasteiger partial charge in [-0.05, 0) is 78.3 Å². The zero-order valence-corrected chi connectivity index (χ0v) is 55.5. The summed E-state index contributed by atoms with van der Waals surface area (Å²) in [6.07, 6.45) is 0.726. The molecule has 8 N–H and O–H groups in total. The smallest absolute Gasteiger partial charge is 0.343 e. The number of amides is 8. The Morgan fingerprint density at radius 1 is 0.690 bits per heavy atom. The Balaban J connectivity index is 0.560. The lowest BCUT2D eigenvalue weighted by molar-refractivity contribution is -0.172. The van der Waals surface area contributed by atoms with Crippen LogP contribution in [-0.4, -0.2) is 166 Å². The number of aryl methyl sites for hydroxylation is 1. The first-order chi connectivity index (χ1) is 48.4. The van der Waals surface area contributed by atoms with E-state index in [0.29, 0.717) is 89.4 Å². The van der Waals surface area contributed by atoms with Gasteiger partial charge in [0.05, 0.1) is 120 Å². The second-order valence-corrected chi connectivity index (χ2v) is 24.1. The number of carbonyl (C=O) groups excluding carboxylic acids is 9. The number of aromatic nitrogens is 2. The first-order valence-corrected chi connectivity index (χ1v) is 33.1. The van der Waals surface area contributed by atoms with Crippen LogP contribution in [0.2, 0.25) is 0 Å². The normalized spacial score (nSPS) is 15.5. The molecule has 27 nitrogen and oxygen atoms in total. The Morgan fingerprint density at radius 2 is 1.34 bits per heavy atom. The largest absolute Gasteiger partial charge is 0.458 e. The zero-order valence-electron chi connectivity index (χ0n) is 55.5. The van der Waals surface area contributed by atoms with Crippen molar-refractivity contribution in [3.63, 3.8) is 0 Å². The number of anilines is 1. The maximum atomic E-state index is 15.4. The topological polar surface area (TPSA) is 352 Å². The molecular weight excluding hydrogens is 1300 g/mol. The van der Waals surface area contributed by atoms with Crippen molar-refractivity contribution < 1.29 is 81.1 Å². The van der Waals surface area contributed by atoms with Crippen LogP contribution in [-0.2, 0) is 110 Å². The molecule has 0 radical (unpaired) electrons. The molecule has 3 aliphatic heterocycles. The minimum atomic E-state index is -2.06. The Bertz CT molecular complexity index is 4210. The van der Waals surface area contributed by atoms with Crippen LogP contribution in [0, 0.1) is 24.6 Å². The van der Waals surface area contributed by atoms with Crippen molar-refractivity contribution in [2.45, 2.75) is 96.2 Å². The number of pyridine rings is 2. The lowest BCUT2D eigenvalue weighted by Crippen LogP contribution is -2.52. The number of fused-ring (bicyclic) bond motifs is 7. The predicted molar refractivity (Wildman–Crippen MR) is 359 cm³/mol. The van der Waals surface area contributed by atoms with E-state index in [1.165, 1.54) is 10.6 Å². The average molecular weight is 1380 g/mol. The number of hydrogen-bond donors (Lipinski definition) is 8. The number of halogens is 1. The highest BCUT2D eigenvalue weighted by Crippen LogP contribution is 2.46. The summed E-state index contributed by atoms with van der Waals surface area (Å²) in [4.78, 5) is 137. The second-order valence-electron chi connectivity index (χ2n) is 24.1. The van der Waals surface area contributed by atoms with Crippen LogP contribution in [0.5, 0.6) is 0 Å². The molecule has 4 aromatic carbocycles. The van der Waals surface area contributed by atoms with Gasteiger partial charge < -0.3 is 80.2 Å². The molecule has 1 aliphatic carbocycles. The fraction of sp³-hybridized carbons (Fsp3) is 0.403. The summed E-state index contributed by atoms with van der Waals surface area (Å²) in [6.45, 7) is 3.11. The first-order valence-electron chi connectivity index (χ1n) is 33.1. The van der Waals surface area contributed by atoms with Crippen molar-refractivity contribution in [2.24, 2.45) is 0 Å². The predicted octanol–water partition coefficient (Wildman–Crippen LogP) is 2.10. The molecule has 0 saturated heterocycles. The third-order valence-electron chi connectivity index (χ3n) is 17.5. The SMILES string of the molecule is CC[C@@]1(O)C(=O)OCc2c1cc1n(c2=O)Cc2c-1nc1cc(F)c(C)c3c1c2[C@@H](NC(=O)COCNC(=O)CNC(=O)[C@@H](Cc1ccccc1)NC(=O)CNC(=O)CNC(=O)CCOCCOCCOCCOCCNC(=O)CCC(=O)N1Cc2ccccc2C#Cc2ccccc21)CC3. The number of hydrogen-bond acceptors (Lipinski definition) is 18. The highest BCUT2D eigenvalue weighted by Gasteiger charge is 2.46. The van der Waals surface area contributed by atoms with E-state index in [1.807, 2.05) is 48.5 Å². The standard InChI is InChI=1S/C72H79FN10O17/c1-3-72(94)52-34-58-68-50(40-83(58)70(92)51(52)41-100-71(72)93)67-54(20-19-49-44(2)53(73)35-55(81-68)66(49)67)79-64(89)42-99-43-78-62(87)37-77-69(91)56(33-45-11-5-4-6-12-45)80-63(88)38-76-61(86)36-75-60(85)23-25-95-27-29-97-31-32-98-30-28-96-26-24-74-59(84)21-22-65(90)82-39-48-15-8-7-13-46(48)17-18-47-14-9-10-16-57(47)82/h4-16,34-35,54,56,94H,3,19-33,36-43H2,1-2H3,(H,74,84)(H,75,85)(H,76,86)(H,77,91)(H,78,87)(H,79,89)(H,80,88)/t54-,56+,72-/m0/s1. The lowest BCUT2D eigenvalue weighted by atomic mass is 9.81. The fourth-order valence-corrected chi connectivity index (χ4v) is 12.2. The molecule has 8 amide bonds. The molecule has 0 unspecified atom stereocenters. The highest BCUT2D eigenvalue weighted by atomic mass is 19.1. The maximum absolute atomic E-state index is 15.4. The fourth-order valence-electron chi connectivity index (χ4n) is 12.2. The summed E-state index contributed by atoms with van der Waals surface area (Å²) in [5, 5.41) is 30.2. The molecule has 2 aromatic heterocycles. The second kappa shape index (κ2) is 34.5. The van der Waals surface area contributed by atoms with Crippen LogP contribution in [0.4, 0.5) is 10.1 Å². The number of nitrogens with zero attached hydrogens (tertiary/aromatic N) is 3. The van der Waals surface area contributed by atoms with Crippen molar-refractivity contribution >= 4 is 69.8 Å². The van der Waals surface area contributed by atoms with Gasteiger partial charge in [-0.3, -0.25) is 43.2 Å².